The zero-order chi connectivity index (χ0) is 19.0. The number of piperidine rings is 1. The van der Waals surface area contributed by atoms with E-state index in [-0.39, 0.29) is 17.7 Å². The Morgan fingerprint density at radius 3 is 2.93 bits per heavy atom. The van der Waals surface area contributed by atoms with Gasteiger partial charge in [0.15, 0.2) is 0 Å². The van der Waals surface area contributed by atoms with Crippen molar-refractivity contribution in [2.75, 3.05) is 26.2 Å². The number of amides is 2. The largest absolute Gasteiger partial charge is 0.355 e. The lowest BCUT2D eigenvalue weighted by Gasteiger charge is -2.32. The molecular formula is C19H25N5O3. The second kappa shape index (κ2) is 7.26. The molecule has 27 heavy (non-hydrogen) atoms. The summed E-state index contributed by atoms with van der Waals surface area (Å²) < 4.78 is 5.34. The Morgan fingerprint density at radius 2 is 2.19 bits per heavy atom. The Kier molecular flexibility index (Phi) is 4.82. The number of carbonyl (C=O) groups excluding carboxylic acids is 2. The number of aryl methyl sites for hydroxylation is 1. The maximum atomic E-state index is 13.3. The molecule has 2 amide bonds. The molecule has 4 rings (SSSR count). The number of carbonyl (C=O) groups is 2. The number of pyridine rings is 1. The van der Waals surface area contributed by atoms with Crippen molar-refractivity contribution in [3.63, 3.8) is 0 Å². The molecule has 1 aliphatic carbocycles. The number of hydrogen-bond acceptors (Lipinski definition) is 6. The van der Waals surface area contributed by atoms with E-state index >= 15 is 0 Å². The Balaban J connectivity index is 1.60. The fraction of sp³-hybridized carbons (Fsp3) is 0.579. The normalized spacial score (nSPS) is 20.1. The Morgan fingerprint density at radius 1 is 1.37 bits per heavy atom. The van der Waals surface area contributed by atoms with Crippen LogP contribution in [-0.4, -0.2) is 53.0 Å². The molecule has 3 heterocycles. The summed E-state index contributed by atoms with van der Waals surface area (Å²) in [4.78, 5) is 31.9. The summed E-state index contributed by atoms with van der Waals surface area (Å²) in [5, 5.41) is 7.51. The van der Waals surface area contributed by atoms with Crippen LogP contribution in [0.5, 0.6) is 0 Å². The van der Waals surface area contributed by atoms with E-state index in [1.807, 2.05) is 13.0 Å². The van der Waals surface area contributed by atoms with Gasteiger partial charge < -0.3 is 20.5 Å². The topological polar surface area (TPSA) is 114 Å². The minimum Gasteiger partial charge on any atom is -0.355 e. The number of nitrogens with one attached hydrogen (secondary N) is 1. The van der Waals surface area contributed by atoms with Gasteiger partial charge >= 0.3 is 0 Å². The first-order chi connectivity index (χ1) is 13.1. The molecule has 144 valence electrons. The summed E-state index contributed by atoms with van der Waals surface area (Å²) in [5.41, 5.74) is 8.03. The van der Waals surface area contributed by atoms with Crippen molar-refractivity contribution in [3.05, 3.63) is 23.0 Å². The third kappa shape index (κ3) is 3.53. The van der Waals surface area contributed by atoms with E-state index in [9.17, 15) is 9.59 Å². The number of rotatable bonds is 5. The standard InChI is InChI=1S/C19H25N5O3/c1-11-16-14(9-15(12-4-5-12)22-18(16)27-23-11)19(26)24-8-2-3-13(10-24)17(25)21-7-6-20/h9,12-13H,2-8,10,20H2,1H3,(H,21,25). The van der Waals surface area contributed by atoms with Crippen molar-refractivity contribution in [2.24, 2.45) is 11.7 Å². The number of nitrogens with two attached hydrogens (primary N) is 1. The van der Waals surface area contributed by atoms with Crippen LogP contribution in [-0.2, 0) is 4.79 Å². The zero-order valence-electron chi connectivity index (χ0n) is 15.5. The van der Waals surface area contributed by atoms with Crippen molar-refractivity contribution >= 4 is 22.9 Å². The maximum Gasteiger partial charge on any atom is 0.259 e. The fourth-order valence-corrected chi connectivity index (χ4v) is 3.76. The van der Waals surface area contributed by atoms with Gasteiger partial charge in [-0.25, -0.2) is 4.98 Å². The quantitative estimate of drug-likeness (QED) is 0.820. The molecule has 0 spiro atoms. The highest BCUT2D eigenvalue weighted by molar-refractivity contribution is 6.06. The molecule has 8 heteroatoms. The molecule has 1 saturated carbocycles. The van der Waals surface area contributed by atoms with Crippen molar-refractivity contribution < 1.29 is 14.1 Å². The van der Waals surface area contributed by atoms with Gasteiger partial charge in [-0.05, 0) is 38.7 Å². The smallest absolute Gasteiger partial charge is 0.259 e. The van der Waals surface area contributed by atoms with Crippen LogP contribution in [0.4, 0.5) is 0 Å². The zero-order valence-corrected chi connectivity index (χ0v) is 15.5. The molecule has 8 nitrogen and oxygen atoms in total. The average Bonchev–Trinajstić information content (AvgIpc) is 3.48. The molecule has 1 atom stereocenters. The third-order valence-corrected chi connectivity index (χ3v) is 5.39. The molecule has 2 aromatic heterocycles. The monoisotopic (exact) mass is 371 g/mol. The summed E-state index contributed by atoms with van der Waals surface area (Å²) in [6, 6.07) is 1.89. The molecule has 2 aromatic rings. The number of aromatic nitrogens is 2. The molecule has 1 unspecified atom stereocenters. The average molecular weight is 371 g/mol. The van der Waals surface area contributed by atoms with E-state index in [0.29, 0.717) is 54.5 Å². The highest BCUT2D eigenvalue weighted by Gasteiger charge is 2.32. The van der Waals surface area contributed by atoms with Gasteiger partial charge in [-0.15, -0.1) is 0 Å². The third-order valence-electron chi connectivity index (χ3n) is 5.39. The summed E-state index contributed by atoms with van der Waals surface area (Å²) in [7, 11) is 0. The van der Waals surface area contributed by atoms with E-state index in [2.05, 4.69) is 15.5 Å². The molecule has 3 N–H and O–H groups in total. The molecule has 0 bridgehead atoms. The summed E-state index contributed by atoms with van der Waals surface area (Å²) in [5.74, 6) is 0.102. The Bertz CT molecular complexity index is 874. The number of nitrogens with zero attached hydrogens (tertiary/aromatic N) is 3. The van der Waals surface area contributed by atoms with Gasteiger partial charge in [-0.1, -0.05) is 5.16 Å². The predicted octanol–water partition coefficient (Wildman–Crippen LogP) is 1.34. The van der Waals surface area contributed by atoms with E-state index < -0.39 is 0 Å². The Hall–Kier alpha value is -2.48. The van der Waals surface area contributed by atoms with Crippen LogP contribution < -0.4 is 11.1 Å². The summed E-state index contributed by atoms with van der Waals surface area (Å²) in [6.45, 7) is 3.75. The van der Waals surface area contributed by atoms with Crippen molar-refractivity contribution in [1.29, 1.82) is 0 Å². The van der Waals surface area contributed by atoms with Gasteiger partial charge in [0.2, 0.25) is 5.91 Å². The first kappa shape index (κ1) is 17.9. The summed E-state index contributed by atoms with van der Waals surface area (Å²) in [6.07, 6.45) is 3.77. The number of fused-ring (bicyclic) bond motifs is 1. The van der Waals surface area contributed by atoms with Gasteiger partial charge in [0.25, 0.3) is 11.6 Å². The molecule has 2 fully saturated rings. The highest BCUT2D eigenvalue weighted by atomic mass is 16.5. The van der Waals surface area contributed by atoms with Crippen LogP contribution >= 0.6 is 0 Å². The minimum atomic E-state index is -0.196. The number of hydrogen-bond donors (Lipinski definition) is 2. The molecular weight excluding hydrogens is 346 g/mol. The van der Waals surface area contributed by atoms with Crippen LogP contribution in [0.15, 0.2) is 10.6 Å². The number of likely N-dealkylation sites (tertiary alicyclic amines) is 1. The van der Waals surface area contributed by atoms with Gasteiger partial charge in [0.1, 0.15) is 0 Å². The second-order valence-corrected chi connectivity index (χ2v) is 7.49. The first-order valence-electron chi connectivity index (χ1n) is 9.62. The van der Waals surface area contributed by atoms with Gasteiger partial charge in [-0.2, -0.15) is 0 Å². The predicted molar refractivity (Wildman–Crippen MR) is 99.2 cm³/mol. The summed E-state index contributed by atoms with van der Waals surface area (Å²) >= 11 is 0. The van der Waals surface area contributed by atoms with Gasteiger partial charge in [0.05, 0.1) is 22.6 Å². The van der Waals surface area contributed by atoms with Gasteiger partial charge in [-0.3, -0.25) is 9.59 Å². The van der Waals surface area contributed by atoms with E-state index in [0.717, 1.165) is 31.4 Å². The van der Waals surface area contributed by atoms with Crippen LogP contribution in [0, 0.1) is 12.8 Å². The van der Waals surface area contributed by atoms with E-state index in [1.54, 1.807) is 4.90 Å². The van der Waals surface area contributed by atoms with Crippen LogP contribution in [0.1, 0.15) is 53.3 Å². The molecule has 0 aromatic carbocycles. The fourth-order valence-electron chi connectivity index (χ4n) is 3.76. The van der Waals surface area contributed by atoms with Crippen LogP contribution in [0.2, 0.25) is 0 Å². The molecule has 0 radical (unpaired) electrons. The van der Waals surface area contributed by atoms with Crippen molar-refractivity contribution in [1.82, 2.24) is 20.4 Å². The highest BCUT2D eigenvalue weighted by Crippen LogP contribution is 2.40. The van der Waals surface area contributed by atoms with Crippen molar-refractivity contribution in [3.8, 4) is 0 Å². The lowest BCUT2D eigenvalue weighted by Crippen LogP contribution is -2.46. The minimum absolute atomic E-state index is 0.0300. The van der Waals surface area contributed by atoms with Gasteiger partial charge in [0, 0.05) is 37.8 Å². The SMILES string of the molecule is Cc1noc2nc(C3CC3)cc(C(=O)N3CCCC(C(=O)NCCN)C3)c12. The Labute approximate surface area is 157 Å². The maximum absolute atomic E-state index is 13.3. The molecule has 2 aliphatic rings. The molecule has 1 saturated heterocycles. The van der Waals surface area contributed by atoms with Crippen LogP contribution in [0.25, 0.3) is 11.1 Å². The van der Waals surface area contributed by atoms with Crippen molar-refractivity contribution in [2.45, 2.75) is 38.5 Å². The first-order valence-corrected chi connectivity index (χ1v) is 9.62. The second-order valence-electron chi connectivity index (χ2n) is 7.49. The lowest BCUT2D eigenvalue weighted by molar-refractivity contribution is -0.126. The van der Waals surface area contributed by atoms with E-state index in [4.69, 9.17) is 10.3 Å². The van der Waals surface area contributed by atoms with E-state index in [1.165, 1.54) is 0 Å². The lowest BCUT2D eigenvalue weighted by atomic mass is 9.96. The van der Waals surface area contributed by atoms with Crippen LogP contribution in [0.3, 0.4) is 0 Å². The molecule has 1 aliphatic heterocycles.